The van der Waals surface area contributed by atoms with Gasteiger partial charge >= 0.3 is 5.97 Å². The lowest BCUT2D eigenvalue weighted by Crippen LogP contribution is -2.12. The van der Waals surface area contributed by atoms with Gasteiger partial charge in [0.25, 0.3) is 5.91 Å². The highest BCUT2D eigenvalue weighted by Gasteiger charge is 2.11. The van der Waals surface area contributed by atoms with Crippen LogP contribution in [0.1, 0.15) is 17.3 Å². The van der Waals surface area contributed by atoms with Crippen LogP contribution in [0.4, 0.5) is 5.69 Å². The summed E-state index contributed by atoms with van der Waals surface area (Å²) in [6.07, 6.45) is 0. The predicted octanol–water partition coefficient (Wildman–Crippen LogP) is 4.66. The molecule has 130 valence electrons. The van der Waals surface area contributed by atoms with E-state index < -0.39 is 5.97 Å². The number of esters is 1. The van der Waals surface area contributed by atoms with Gasteiger partial charge in [-0.3, -0.25) is 9.59 Å². The van der Waals surface area contributed by atoms with Gasteiger partial charge in [0, 0.05) is 12.5 Å². The highest BCUT2D eigenvalue weighted by atomic mass is 16.5. The Morgan fingerprint density at radius 1 is 0.769 bits per heavy atom. The van der Waals surface area contributed by atoms with Gasteiger partial charge in [-0.1, -0.05) is 30.3 Å². The first-order valence-corrected chi connectivity index (χ1v) is 8.03. The minimum atomic E-state index is -0.408. The van der Waals surface area contributed by atoms with Gasteiger partial charge < -0.3 is 14.8 Å². The fraction of sp³-hybridized carbons (Fsp3) is 0.0476. The average Bonchev–Trinajstić information content (AvgIpc) is 2.64. The SMILES string of the molecule is CC(=O)Oc1ccc(C(=O)Nc2ccccc2Oc2ccccc2)cc1. The number of hydrogen-bond donors (Lipinski definition) is 1. The van der Waals surface area contributed by atoms with Gasteiger partial charge in [-0.25, -0.2) is 0 Å². The van der Waals surface area contributed by atoms with Crippen molar-refractivity contribution in [1.82, 2.24) is 0 Å². The molecule has 1 N–H and O–H groups in total. The third-order valence-electron chi connectivity index (χ3n) is 3.48. The smallest absolute Gasteiger partial charge is 0.308 e. The van der Waals surface area contributed by atoms with Gasteiger partial charge in [-0.15, -0.1) is 0 Å². The Morgan fingerprint density at radius 3 is 2.12 bits per heavy atom. The van der Waals surface area contributed by atoms with Crippen LogP contribution >= 0.6 is 0 Å². The van der Waals surface area contributed by atoms with E-state index in [1.807, 2.05) is 42.5 Å². The van der Waals surface area contributed by atoms with Crippen LogP contribution in [0.25, 0.3) is 0 Å². The van der Waals surface area contributed by atoms with Gasteiger partial charge in [0.1, 0.15) is 11.5 Å². The molecular formula is C21H17NO4. The zero-order chi connectivity index (χ0) is 18.4. The van der Waals surface area contributed by atoms with Crippen molar-refractivity contribution in [1.29, 1.82) is 0 Å². The summed E-state index contributed by atoms with van der Waals surface area (Å²) in [6, 6.07) is 22.9. The van der Waals surface area contributed by atoms with E-state index >= 15 is 0 Å². The molecule has 0 aliphatic rings. The summed E-state index contributed by atoms with van der Waals surface area (Å²) in [5.41, 5.74) is 1.00. The lowest BCUT2D eigenvalue weighted by Gasteiger charge is -2.12. The second-order valence-corrected chi connectivity index (χ2v) is 5.48. The monoisotopic (exact) mass is 347 g/mol. The Morgan fingerprint density at radius 2 is 1.42 bits per heavy atom. The maximum absolute atomic E-state index is 12.5. The first-order chi connectivity index (χ1) is 12.6. The molecule has 3 aromatic carbocycles. The number of para-hydroxylation sites is 3. The van der Waals surface area contributed by atoms with Gasteiger partial charge in [-0.05, 0) is 48.5 Å². The average molecular weight is 347 g/mol. The maximum atomic E-state index is 12.5. The molecule has 0 heterocycles. The normalized spacial score (nSPS) is 10.0. The van der Waals surface area contributed by atoms with Crippen LogP contribution < -0.4 is 14.8 Å². The van der Waals surface area contributed by atoms with Crippen LogP contribution in [0.2, 0.25) is 0 Å². The first-order valence-electron chi connectivity index (χ1n) is 8.03. The van der Waals surface area contributed by atoms with E-state index in [4.69, 9.17) is 9.47 Å². The number of anilines is 1. The summed E-state index contributed by atoms with van der Waals surface area (Å²) in [5.74, 6) is 0.919. The number of rotatable bonds is 5. The Labute approximate surface area is 151 Å². The molecule has 0 aliphatic carbocycles. The van der Waals surface area contributed by atoms with Gasteiger partial charge in [0.15, 0.2) is 5.75 Å². The Hall–Kier alpha value is -3.60. The van der Waals surface area contributed by atoms with Crippen molar-refractivity contribution >= 4 is 17.6 Å². The molecule has 0 unspecified atom stereocenters. The molecule has 0 fully saturated rings. The Kier molecular flexibility index (Phi) is 5.29. The van der Waals surface area contributed by atoms with Crippen molar-refractivity contribution in [2.45, 2.75) is 6.92 Å². The number of hydrogen-bond acceptors (Lipinski definition) is 4. The fourth-order valence-electron chi connectivity index (χ4n) is 2.31. The molecule has 5 nitrogen and oxygen atoms in total. The molecular weight excluding hydrogens is 330 g/mol. The largest absolute Gasteiger partial charge is 0.455 e. The van der Waals surface area contributed by atoms with Crippen LogP contribution in [0.15, 0.2) is 78.9 Å². The van der Waals surface area contributed by atoms with E-state index in [9.17, 15) is 9.59 Å². The van der Waals surface area contributed by atoms with Crippen molar-refractivity contribution in [2.24, 2.45) is 0 Å². The number of carbonyl (C=O) groups excluding carboxylic acids is 2. The van der Waals surface area contributed by atoms with Crippen molar-refractivity contribution in [3.05, 3.63) is 84.4 Å². The van der Waals surface area contributed by atoms with Crippen molar-refractivity contribution in [2.75, 3.05) is 5.32 Å². The molecule has 0 aliphatic heterocycles. The van der Waals surface area contributed by atoms with Crippen molar-refractivity contribution < 1.29 is 19.1 Å². The standard InChI is InChI=1S/C21H17NO4/c1-15(23)25-18-13-11-16(12-14-18)21(24)22-19-9-5-6-10-20(19)26-17-7-3-2-4-8-17/h2-14H,1H3,(H,22,24). The second kappa shape index (κ2) is 7.98. The number of carbonyl (C=O) groups is 2. The molecule has 26 heavy (non-hydrogen) atoms. The summed E-state index contributed by atoms with van der Waals surface area (Å²) in [6.45, 7) is 1.32. The third kappa shape index (κ3) is 4.48. The topological polar surface area (TPSA) is 64.6 Å². The van der Waals surface area contributed by atoms with Crippen LogP contribution in [0, 0.1) is 0 Å². The number of benzene rings is 3. The van der Waals surface area contributed by atoms with Crippen molar-refractivity contribution in [3.8, 4) is 17.2 Å². The number of amides is 1. The van der Waals surface area contributed by atoms with E-state index in [-0.39, 0.29) is 5.91 Å². The predicted molar refractivity (Wildman–Crippen MR) is 98.7 cm³/mol. The zero-order valence-corrected chi connectivity index (χ0v) is 14.1. The molecule has 0 spiro atoms. The lowest BCUT2D eigenvalue weighted by atomic mass is 10.2. The van der Waals surface area contributed by atoms with E-state index in [0.29, 0.717) is 28.5 Å². The summed E-state index contributed by atoms with van der Waals surface area (Å²) in [4.78, 5) is 23.4. The minimum absolute atomic E-state index is 0.288. The van der Waals surface area contributed by atoms with Gasteiger partial charge in [0.2, 0.25) is 0 Å². The minimum Gasteiger partial charge on any atom is -0.455 e. The van der Waals surface area contributed by atoms with E-state index in [1.54, 1.807) is 36.4 Å². The van der Waals surface area contributed by atoms with E-state index in [2.05, 4.69) is 5.32 Å². The van der Waals surface area contributed by atoms with E-state index in [1.165, 1.54) is 6.92 Å². The Bertz CT molecular complexity index is 905. The van der Waals surface area contributed by atoms with Gasteiger partial charge in [-0.2, -0.15) is 0 Å². The van der Waals surface area contributed by atoms with Gasteiger partial charge in [0.05, 0.1) is 5.69 Å². The summed E-state index contributed by atoms with van der Waals surface area (Å²) in [7, 11) is 0. The summed E-state index contributed by atoms with van der Waals surface area (Å²) in [5, 5.41) is 2.84. The van der Waals surface area contributed by atoms with Crippen LogP contribution in [0.5, 0.6) is 17.2 Å². The molecule has 0 aromatic heterocycles. The molecule has 0 saturated heterocycles. The molecule has 0 bridgehead atoms. The first kappa shape index (κ1) is 17.2. The summed E-state index contributed by atoms with van der Waals surface area (Å²) < 4.78 is 10.8. The molecule has 3 rings (SSSR count). The molecule has 3 aromatic rings. The third-order valence-corrected chi connectivity index (χ3v) is 3.48. The van der Waals surface area contributed by atoms with Crippen LogP contribution in [-0.4, -0.2) is 11.9 Å². The second-order valence-electron chi connectivity index (χ2n) is 5.48. The maximum Gasteiger partial charge on any atom is 0.308 e. The van der Waals surface area contributed by atoms with Crippen LogP contribution in [-0.2, 0) is 4.79 Å². The number of ether oxygens (including phenoxy) is 2. The highest BCUT2D eigenvalue weighted by molar-refractivity contribution is 6.05. The molecule has 0 radical (unpaired) electrons. The van der Waals surface area contributed by atoms with E-state index in [0.717, 1.165) is 0 Å². The number of nitrogens with one attached hydrogen (secondary N) is 1. The lowest BCUT2D eigenvalue weighted by molar-refractivity contribution is -0.131. The molecule has 5 heteroatoms. The fourth-order valence-corrected chi connectivity index (χ4v) is 2.31. The Balaban J connectivity index is 1.74. The summed E-state index contributed by atoms with van der Waals surface area (Å²) >= 11 is 0. The molecule has 0 saturated carbocycles. The van der Waals surface area contributed by atoms with Crippen molar-refractivity contribution in [3.63, 3.8) is 0 Å². The highest BCUT2D eigenvalue weighted by Crippen LogP contribution is 2.29. The zero-order valence-electron chi connectivity index (χ0n) is 14.1. The molecule has 1 amide bonds. The quantitative estimate of drug-likeness (QED) is 0.539. The molecule has 0 atom stereocenters. The van der Waals surface area contributed by atoms with Crippen LogP contribution in [0.3, 0.4) is 0 Å².